The van der Waals surface area contributed by atoms with Crippen LogP contribution in [0.3, 0.4) is 0 Å². The Morgan fingerprint density at radius 1 is 1.30 bits per heavy atom. The van der Waals surface area contributed by atoms with Gasteiger partial charge in [-0.05, 0) is 47.1 Å². The Labute approximate surface area is 122 Å². The lowest BCUT2D eigenvalue weighted by Gasteiger charge is -2.18. The molecule has 0 aliphatic rings. The minimum Gasteiger partial charge on any atom is -0.376 e. The standard InChI is InChI=1S/C13H13BrF3N3/c1-8(12-5-6-18-20(12)2)19-11-7-9(13(15,16)17)3-4-10(11)14/h3-8,19H,1-2H3. The Morgan fingerprint density at radius 3 is 2.55 bits per heavy atom. The molecule has 0 saturated carbocycles. The Morgan fingerprint density at radius 2 is 2.00 bits per heavy atom. The van der Waals surface area contributed by atoms with Gasteiger partial charge in [-0.15, -0.1) is 0 Å². The van der Waals surface area contributed by atoms with Crippen molar-refractivity contribution in [1.29, 1.82) is 0 Å². The zero-order chi connectivity index (χ0) is 14.9. The fraction of sp³-hybridized carbons (Fsp3) is 0.308. The van der Waals surface area contributed by atoms with Gasteiger partial charge in [0.2, 0.25) is 0 Å². The van der Waals surface area contributed by atoms with Crippen LogP contribution in [0.5, 0.6) is 0 Å². The summed E-state index contributed by atoms with van der Waals surface area (Å²) in [6.45, 7) is 1.86. The zero-order valence-corrected chi connectivity index (χ0v) is 12.5. The fourth-order valence-electron chi connectivity index (χ4n) is 1.93. The van der Waals surface area contributed by atoms with E-state index in [-0.39, 0.29) is 6.04 Å². The molecule has 0 fully saturated rings. The van der Waals surface area contributed by atoms with Gasteiger partial charge in [-0.1, -0.05) is 0 Å². The molecule has 1 aromatic heterocycles. The maximum Gasteiger partial charge on any atom is 0.416 e. The van der Waals surface area contributed by atoms with Gasteiger partial charge >= 0.3 is 6.18 Å². The van der Waals surface area contributed by atoms with Gasteiger partial charge in [0, 0.05) is 23.4 Å². The molecule has 1 unspecified atom stereocenters. The second-order valence-corrected chi connectivity index (χ2v) is 5.29. The number of rotatable bonds is 3. The van der Waals surface area contributed by atoms with E-state index in [0.717, 1.165) is 17.8 Å². The average molecular weight is 348 g/mol. The van der Waals surface area contributed by atoms with Gasteiger partial charge in [0.1, 0.15) is 0 Å². The lowest BCUT2D eigenvalue weighted by atomic mass is 10.1. The van der Waals surface area contributed by atoms with E-state index in [0.29, 0.717) is 10.2 Å². The first-order valence-electron chi connectivity index (χ1n) is 5.90. The fourth-order valence-corrected chi connectivity index (χ4v) is 2.29. The predicted octanol–water partition coefficient (Wildman–Crippen LogP) is 4.37. The third-order valence-electron chi connectivity index (χ3n) is 2.97. The third kappa shape index (κ3) is 3.15. The summed E-state index contributed by atoms with van der Waals surface area (Å²) in [7, 11) is 1.79. The van der Waals surface area contributed by atoms with E-state index in [1.165, 1.54) is 6.07 Å². The Bertz CT molecular complexity index is 607. The molecule has 20 heavy (non-hydrogen) atoms. The molecular formula is C13H13BrF3N3. The molecule has 7 heteroatoms. The number of nitrogens with zero attached hydrogens (tertiary/aromatic N) is 2. The number of aryl methyl sites for hydroxylation is 1. The highest BCUT2D eigenvalue weighted by Crippen LogP contribution is 2.35. The molecule has 0 spiro atoms. The van der Waals surface area contributed by atoms with E-state index >= 15 is 0 Å². The van der Waals surface area contributed by atoms with E-state index < -0.39 is 11.7 Å². The molecule has 108 valence electrons. The molecule has 0 amide bonds. The van der Waals surface area contributed by atoms with Gasteiger partial charge < -0.3 is 5.32 Å². The van der Waals surface area contributed by atoms with Gasteiger partial charge in [0.25, 0.3) is 0 Å². The lowest BCUT2D eigenvalue weighted by molar-refractivity contribution is -0.137. The van der Waals surface area contributed by atoms with Crippen LogP contribution in [-0.4, -0.2) is 9.78 Å². The highest BCUT2D eigenvalue weighted by atomic mass is 79.9. The van der Waals surface area contributed by atoms with Crippen molar-refractivity contribution in [2.75, 3.05) is 5.32 Å². The maximum atomic E-state index is 12.7. The van der Waals surface area contributed by atoms with Crippen LogP contribution >= 0.6 is 15.9 Å². The van der Waals surface area contributed by atoms with Gasteiger partial charge in [-0.25, -0.2) is 0 Å². The number of aromatic nitrogens is 2. The number of benzene rings is 1. The predicted molar refractivity (Wildman–Crippen MR) is 74.4 cm³/mol. The van der Waals surface area contributed by atoms with E-state index in [4.69, 9.17) is 0 Å². The summed E-state index contributed by atoms with van der Waals surface area (Å²) in [6.07, 6.45) is -2.71. The summed E-state index contributed by atoms with van der Waals surface area (Å²) in [5.41, 5.74) is 0.600. The molecule has 0 bridgehead atoms. The lowest BCUT2D eigenvalue weighted by Crippen LogP contribution is -2.13. The van der Waals surface area contributed by atoms with Crippen molar-refractivity contribution in [3.8, 4) is 0 Å². The first kappa shape index (κ1) is 14.9. The van der Waals surface area contributed by atoms with E-state index in [9.17, 15) is 13.2 Å². The molecule has 0 aliphatic carbocycles. The summed E-state index contributed by atoms with van der Waals surface area (Å²) in [4.78, 5) is 0. The molecular weight excluding hydrogens is 335 g/mol. The molecule has 1 aromatic carbocycles. The topological polar surface area (TPSA) is 29.9 Å². The molecule has 1 heterocycles. The first-order valence-corrected chi connectivity index (χ1v) is 6.69. The van der Waals surface area contributed by atoms with Crippen LogP contribution in [0.25, 0.3) is 0 Å². The second-order valence-electron chi connectivity index (χ2n) is 4.44. The monoisotopic (exact) mass is 347 g/mol. The van der Waals surface area contributed by atoms with Crippen molar-refractivity contribution in [3.63, 3.8) is 0 Å². The number of hydrogen-bond acceptors (Lipinski definition) is 2. The van der Waals surface area contributed by atoms with Crippen LogP contribution in [0.4, 0.5) is 18.9 Å². The Balaban J connectivity index is 2.27. The average Bonchev–Trinajstić information content (AvgIpc) is 2.77. The van der Waals surface area contributed by atoms with Crippen molar-refractivity contribution < 1.29 is 13.2 Å². The van der Waals surface area contributed by atoms with Crippen LogP contribution in [0, 0.1) is 0 Å². The minimum absolute atomic E-state index is 0.165. The molecule has 3 nitrogen and oxygen atoms in total. The number of hydrogen-bond donors (Lipinski definition) is 1. The molecule has 2 aromatic rings. The summed E-state index contributed by atoms with van der Waals surface area (Å²) in [6, 6.07) is 5.18. The number of anilines is 1. The molecule has 2 rings (SSSR count). The first-order chi connectivity index (χ1) is 9.29. The number of halogens is 4. The van der Waals surface area contributed by atoms with Crippen LogP contribution in [-0.2, 0) is 13.2 Å². The molecule has 0 radical (unpaired) electrons. The summed E-state index contributed by atoms with van der Waals surface area (Å²) in [5.74, 6) is 0. The maximum absolute atomic E-state index is 12.7. The van der Waals surface area contributed by atoms with Crippen LogP contribution in [0.2, 0.25) is 0 Å². The van der Waals surface area contributed by atoms with Gasteiger partial charge in [0.15, 0.2) is 0 Å². The summed E-state index contributed by atoms with van der Waals surface area (Å²) in [5, 5.41) is 7.10. The quantitative estimate of drug-likeness (QED) is 0.893. The normalized spacial score (nSPS) is 13.3. The number of alkyl halides is 3. The highest BCUT2D eigenvalue weighted by molar-refractivity contribution is 9.10. The summed E-state index contributed by atoms with van der Waals surface area (Å²) < 4.78 is 40.4. The zero-order valence-electron chi connectivity index (χ0n) is 10.9. The van der Waals surface area contributed by atoms with Crippen LogP contribution in [0.1, 0.15) is 24.2 Å². The van der Waals surface area contributed by atoms with Crippen molar-refractivity contribution >= 4 is 21.6 Å². The van der Waals surface area contributed by atoms with Crippen LogP contribution in [0.15, 0.2) is 34.9 Å². The third-order valence-corrected chi connectivity index (χ3v) is 3.66. The van der Waals surface area contributed by atoms with Crippen molar-refractivity contribution in [2.24, 2.45) is 7.05 Å². The van der Waals surface area contributed by atoms with E-state index in [1.54, 1.807) is 17.9 Å². The van der Waals surface area contributed by atoms with E-state index in [2.05, 4.69) is 26.3 Å². The highest BCUT2D eigenvalue weighted by Gasteiger charge is 2.31. The molecule has 0 aliphatic heterocycles. The Hall–Kier alpha value is -1.50. The van der Waals surface area contributed by atoms with Crippen molar-refractivity contribution in [3.05, 3.63) is 46.2 Å². The molecule has 0 saturated heterocycles. The minimum atomic E-state index is -4.35. The van der Waals surface area contributed by atoms with E-state index in [1.807, 2.05) is 13.0 Å². The van der Waals surface area contributed by atoms with Crippen molar-refractivity contribution in [2.45, 2.75) is 19.1 Å². The molecule has 1 atom stereocenters. The largest absolute Gasteiger partial charge is 0.416 e. The SMILES string of the molecule is CC(Nc1cc(C(F)(F)F)ccc1Br)c1ccnn1C. The Kier molecular flexibility index (Phi) is 4.08. The smallest absolute Gasteiger partial charge is 0.376 e. The van der Waals surface area contributed by atoms with Gasteiger partial charge in [-0.2, -0.15) is 18.3 Å². The second kappa shape index (κ2) is 5.47. The number of nitrogens with one attached hydrogen (secondary N) is 1. The molecule has 1 N–H and O–H groups in total. The van der Waals surface area contributed by atoms with Gasteiger partial charge in [0.05, 0.1) is 17.3 Å². The summed E-state index contributed by atoms with van der Waals surface area (Å²) >= 11 is 3.26. The van der Waals surface area contributed by atoms with Crippen LogP contribution < -0.4 is 5.32 Å². The van der Waals surface area contributed by atoms with Crippen molar-refractivity contribution in [1.82, 2.24) is 9.78 Å². The van der Waals surface area contributed by atoms with Gasteiger partial charge in [-0.3, -0.25) is 4.68 Å².